The second-order valence-corrected chi connectivity index (χ2v) is 9.41. The van der Waals surface area contributed by atoms with E-state index in [1.54, 1.807) is 35.2 Å². The Hall–Kier alpha value is -2.22. The highest BCUT2D eigenvalue weighted by molar-refractivity contribution is 8.18. The van der Waals surface area contributed by atoms with Crippen LogP contribution in [0.5, 0.6) is 0 Å². The smallest absolute Gasteiger partial charge is 0.294 e. The summed E-state index contributed by atoms with van der Waals surface area (Å²) in [5, 5.41) is 0.321. The maximum Gasteiger partial charge on any atom is 0.294 e. The molecule has 0 unspecified atom stereocenters. The van der Waals surface area contributed by atoms with Crippen LogP contribution in [0.3, 0.4) is 0 Å². The van der Waals surface area contributed by atoms with Gasteiger partial charge in [0, 0.05) is 24.7 Å². The van der Waals surface area contributed by atoms with Gasteiger partial charge >= 0.3 is 0 Å². The average molecular weight is 479 g/mol. The number of likely N-dealkylation sites (tertiary alicyclic amines) is 1. The molecular weight excluding hydrogens is 459 g/mol. The third-order valence-corrected chi connectivity index (χ3v) is 7.15. The lowest BCUT2D eigenvalue weighted by Crippen LogP contribution is -2.45. The van der Waals surface area contributed by atoms with Crippen molar-refractivity contribution in [1.82, 2.24) is 9.80 Å². The zero-order valence-electron chi connectivity index (χ0n) is 16.8. The summed E-state index contributed by atoms with van der Waals surface area (Å²) in [5.41, 5.74) is 0.628. The third-order valence-electron chi connectivity index (χ3n) is 5.42. The lowest BCUT2D eigenvalue weighted by molar-refractivity contribution is -0.136. The van der Waals surface area contributed by atoms with Crippen LogP contribution in [0.2, 0.25) is 10.0 Å². The van der Waals surface area contributed by atoms with Crippen LogP contribution in [0.4, 0.5) is 4.79 Å². The zero-order chi connectivity index (χ0) is 22.1. The van der Waals surface area contributed by atoms with Gasteiger partial charge in [0.05, 0.1) is 15.0 Å². The number of carbonyl (C=O) groups is 3. The first kappa shape index (κ1) is 22.0. The molecule has 0 radical (unpaired) electrons. The number of rotatable bonds is 4. The van der Waals surface area contributed by atoms with Gasteiger partial charge in [-0.15, -0.1) is 0 Å². The Morgan fingerprint density at radius 3 is 2.68 bits per heavy atom. The first-order chi connectivity index (χ1) is 14.8. The molecule has 0 spiro atoms. The minimum absolute atomic E-state index is 0.202. The monoisotopic (exact) mass is 478 g/mol. The van der Waals surface area contributed by atoms with E-state index < -0.39 is 11.1 Å². The van der Waals surface area contributed by atoms with E-state index in [1.165, 1.54) is 6.08 Å². The Labute approximate surface area is 194 Å². The van der Waals surface area contributed by atoms with Gasteiger partial charge in [0.2, 0.25) is 5.91 Å². The molecule has 6 nitrogen and oxygen atoms in total. The number of carbonyl (C=O) groups excluding carboxylic acids is 3. The van der Waals surface area contributed by atoms with Crippen LogP contribution in [0.15, 0.2) is 39.7 Å². The van der Waals surface area contributed by atoms with Crippen molar-refractivity contribution in [1.29, 1.82) is 0 Å². The Morgan fingerprint density at radius 2 is 1.94 bits per heavy atom. The molecule has 1 aromatic heterocycles. The summed E-state index contributed by atoms with van der Waals surface area (Å²) >= 11 is 13.1. The number of amides is 3. The van der Waals surface area contributed by atoms with Crippen LogP contribution in [0.25, 0.3) is 17.4 Å². The highest BCUT2D eigenvalue weighted by Gasteiger charge is 2.37. The molecule has 0 saturated carbocycles. The number of hydrogen-bond donors (Lipinski definition) is 0. The van der Waals surface area contributed by atoms with Crippen LogP contribution >= 0.6 is 35.0 Å². The van der Waals surface area contributed by atoms with E-state index in [9.17, 15) is 14.4 Å². The van der Waals surface area contributed by atoms with Gasteiger partial charge < -0.3 is 9.32 Å². The van der Waals surface area contributed by atoms with E-state index in [-0.39, 0.29) is 17.4 Å². The first-order valence-corrected chi connectivity index (χ1v) is 11.5. The van der Waals surface area contributed by atoms with Crippen LogP contribution in [-0.4, -0.2) is 46.5 Å². The van der Waals surface area contributed by atoms with Gasteiger partial charge in [0.15, 0.2) is 0 Å². The molecule has 2 aliphatic heterocycles. The molecular formula is C22H20Cl2N2O4S. The van der Waals surface area contributed by atoms with Gasteiger partial charge in [0.25, 0.3) is 11.1 Å². The number of halogens is 2. The van der Waals surface area contributed by atoms with Gasteiger partial charge in [0.1, 0.15) is 18.1 Å². The van der Waals surface area contributed by atoms with Crippen molar-refractivity contribution in [3.8, 4) is 11.3 Å². The predicted octanol–water partition coefficient (Wildman–Crippen LogP) is 5.55. The minimum Gasteiger partial charge on any atom is -0.457 e. The fourth-order valence-electron chi connectivity index (χ4n) is 3.53. The lowest BCUT2D eigenvalue weighted by atomic mass is 9.99. The maximum absolute atomic E-state index is 12.7. The van der Waals surface area contributed by atoms with E-state index in [4.69, 9.17) is 27.6 Å². The average Bonchev–Trinajstić information content (AvgIpc) is 3.31. The largest absolute Gasteiger partial charge is 0.457 e. The number of imide groups is 1. The number of benzene rings is 1. The van der Waals surface area contributed by atoms with Crippen molar-refractivity contribution >= 4 is 58.1 Å². The van der Waals surface area contributed by atoms with Crippen molar-refractivity contribution in [2.24, 2.45) is 5.92 Å². The summed E-state index contributed by atoms with van der Waals surface area (Å²) in [6, 6.07) is 8.61. The van der Waals surface area contributed by atoms with Crippen molar-refractivity contribution < 1.29 is 18.8 Å². The molecule has 162 valence electrons. The van der Waals surface area contributed by atoms with Crippen LogP contribution in [0.1, 0.15) is 25.5 Å². The lowest BCUT2D eigenvalue weighted by Gasteiger charge is -2.31. The first-order valence-electron chi connectivity index (χ1n) is 9.91. The number of furan rings is 1. The van der Waals surface area contributed by atoms with Crippen molar-refractivity contribution in [3.05, 3.63) is 51.0 Å². The second-order valence-electron chi connectivity index (χ2n) is 7.63. The standard InChI is InChI=1S/C22H20Cl2N2O4S/c1-13-7-9-25(10-8-13)19(27)12-26-21(28)18(31-22(26)29)11-14-5-6-17(30-14)15-3-2-4-16(23)20(15)24/h2-6,11,13H,7-10,12H2,1H3/b18-11+. The molecule has 0 aliphatic carbocycles. The number of piperidine rings is 1. The van der Waals surface area contributed by atoms with Crippen molar-refractivity contribution in [2.75, 3.05) is 19.6 Å². The molecule has 9 heteroatoms. The van der Waals surface area contributed by atoms with Gasteiger partial charge in [-0.1, -0.05) is 36.2 Å². The summed E-state index contributed by atoms with van der Waals surface area (Å²) < 4.78 is 5.78. The van der Waals surface area contributed by atoms with E-state index in [1.807, 2.05) is 0 Å². The summed E-state index contributed by atoms with van der Waals surface area (Å²) in [4.78, 5) is 40.6. The molecule has 2 saturated heterocycles. The molecule has 3 amide bonds. The van der Waals surface area contributed by atoms with Gasteiger partial charge in [-0.2, -0.15) is 0 Å². The Balaban J connectivity index is 1.47. The molecule has 3 heterocycles. The maximum atomic E-state index is 12.7. The van der Waals surface area contributed by atoms with Crippen LogP contribution < -0.4 is 0 Å². The molecule has 2 aliphatic rings. The summed E-state index contributed by atoms with van der Waals surface area (Å²) in [6.45, 7) is 3.24. The Kier molecular flexibility index (Phi) is 6.46. The molecule has 4 rings (SSSR count). The SMILES string of the molecule is CC1CCN(C(=O)CN2C(=O)S/C(=C/c3ccc(-c4cccc(Cl)c4Cl)o3)C2=O)CC1. The second kappa shape index (κ2) is 9.10. The van der Waals surface area contributed by atoms with Gasteiger partial charge in [-0.05, 0) is 54.8 Å². The minimum atomic E-state index is -0.493. The van der Waals surface area contributed by atoms with E-state index in [0.717, 1.165) is 29.5 Å². The normalized spacial score (nSPS) is 19.0. The number of hydrogen-bond acceptors (Lipinski definition) is 5. The predicted molar refractivity (Wildman–Crippen MR) is 122 cm³/mol. The Morgan fingerprint density at radius 1 is 1.19 bits per heavy atom. The highest BCUT2D eigenvalue weighted by Crippen LogP contribution is 2.36. The molecule has 0 N–H and O–H groups in total. The van der Waals surface area contributed by atoms with Crippen molar-refractivity contribution in [2.45, 2.75) is 19.8 Å². The van der Waals surface area contributed by atoms with Crippen molar-refractivity contribution in [3.63, 3.8) is 0 Å². The highest BCUT2D eigenvalue weighted by atomic mass is 35.5. The molecule has 2 aromatic rings. The van der Waals surface area contributed by atoms with Gasteiger partial charge in [-0.3, -0.25) is 19.3 Å². The Bertz CT molecular complexity index is 1070. The topological polar surface area (TPSA) is 70.8 Å². The quantitative estimate of drug-likeness (QED) is 0.538. The van der Waals surface area contributed by atoms with Crippen LogP contribution in [0, 0.1) is 5.92 Å². The zero-order valence-corrected chi connectivity index (χ0v) is 19.1. The fraction of sp³-hybridized carbons (Fsp3) is 0.318. The number of thioether (sulfide) groups is 1. The summed E-state index contributed by atoms with van der Waals surface area (Å²) in [5.74, 6) is 0.781. The molecule has 1 aromatic carbocycles. The molecule has 0 bridgehead atoms. The van der Waals surface area contributed by atoms with E-state index in [2.05, 4.69) is 6.92 Å². The molecule has 2 fully saturated rings. The third kappa shape index (κ3) is 4.68. The van der Waals surface area contributed by atoms with Crippen LogP contribution in [-0.2, 0) is 9.59 Å². The summed E-state index contributed by atoms with van der Waals surface area (Å²) in [7, 11) is 0. The van der Waals surface area contributed by atoms with Gasteiger partial charge in [-0.25, -0.2) is 0 Å². The molecule has 31 heavy (non-hydrogen) atoms. The van der Waals surface area contributed by atoms with E-state index in [0.29, 0.717) is 46.1 Å². The molecule has 0 atom stereocenters. The van der Waals surface area contributed by atoms with E-state index >= 15 is 0 Å². The summed E-state index contributed by atoms with van der Waals surface area (Å²) in [6.07, 6.45) is 3.37. The fourth-order valence-corrected chi connectivity index (χ4v) is 4.74. The number of nitrogens with zero attached hydrogens (tertiary/aromatic N) is 2.